The van der Waals surface area contributed by atoms with Crippen LogP contribution in [0.2, 0.25) is 0 Å². The van der Waals surface area contributed by atoms with Gasteiger partial charge in [-0.05, 0) is 0 Å². The second kappa shape index (κ2) is 4.79. The molecule has 2 aromatic carbocycles. The number of para-hydroxylation sites is 2. The van der Waals surface area contributed by atoms with Crippen molar-refractivity contribution in [2.75, 3.05) is 13.1 Å². The van der Waals surface area contributed by atoms with E-state index in [2.05, 4.69) is 31.5 Å². The third kappa shape index (κ3) is 1.54. The first kappa shape index (κ1) is 16.5. The van der Waals surface area contributed by atoms with Gasteiger partial charge >= 0.3 is 153 Å². The summed E-state index contributed by atoms with van der Waals surface area (Å²) in [6, 6.07) is 16.0. The molecule has 5 rings (SSSR count). The van der Waals surface area contributed by atoms with Crippen LogP contribution in [-0.2, 0) is 20.4 Å². The van der Waals surface area contributed by atoms with E-state index in [-0.39, 0.29) is 0 Å². The average Bonchev–Trinajstić information content (AvgIpc) is 2.91. The molecule has 3 aliphatic heterocycles. The van der Waals surface area contributed by atoms with Gasteiger partial charge in [0.05, 0.1) is 0 Å². The van der Waals surface area contributed by atoms with E-state index in [9.17, 15) is 0 Å². The predicted octanol–water partition coefficient (Wildman–Crippen LogP) is 5.12. The van der Waals surface area contributed by atoms with Gasteiger partial charge in [0, 0.05) is 0 Å². The zero-order chi connectivity index (χ0) is 18.2. The summed E-state index contributed by atoms with van der Waals surface area (Å²) < 4.78 is 29.3. The maximum atomic E-state index is 6.83. The van der Waals surface area contributed by atoms with E-state index in [0.717, 1.165) is 35.7 Å². The van der Waals surface area contributed by atoms with Crippen LogP contribution in [0.5, 0.6) is 11.5 Å². The zero-order valence-electron chi connectivity index (χ0n) is 15.6. The van der Waals surface area contributed by atoms with Crippen LogP contribution >= 0.6 is 7.43 Å². The van der Waals surface area contributed by atoms with E-state index in [1.807, 2.05) is 49.4 Å². The number of hydrogen-bond donors (Lipinski definition) is 0. The molecule has 26 heavy (non-hydrogen) atoms. The second-order valence-electron chi connectivity index (χ2n) is 7.28. The fraction of sp³-hybridized carbons (Fsp3) is 0.400. The first-order valence-corrected chi connectivity index (χ1v) is 11.1. The second-order valence-corrected chi connectivity index (χ2v) is 10.9. The molecule has 2 bridgehead atoms. The van der Waals surface area contributed by atoms with Crippen molar-refractivity contribution in [3.05, 3.63) is 59.7 Å². The third-order valence-electron chi connectivity index (χ3n) is 5.94. The van der Waals surface area contributed by atoms with Gasteiger partial charge in [-0.15, -0.1) is 0 Å². The number of ether oxygens (including phenoxy) is 1. The van der Waals surface area contributed by atoms with E-state index in [0.29, 0.717) is 0 Å². The molecule has 5 nitrogen and oxygen atoms in total. The van der Waals surface area contributed by atoms with Crippen LogP contribution < -0.4 is 9.05 Å². The van der Waals surface area contributed by atoms with Gasteiger partial charge in [-0.1, -0.05) is 0 Å². The fourth-order valence-electron chi connectivity index (χ4n) is 4.81. The molecule has 2 atom stereocenters. The van der Waals surface area contributed by atoms with Crippen molar-refractivity contribution >= 4 is 7.43 Å². The molecule has 1 spiro atoms. The molecule has 2 aromatic rings. The summed E-state index contributed by atoms with van der Waals surface area (Å²) in [5.74, 6) is 0.640. The number of rotatable bonds is 3. The Morgan fingerprint density at radius 1 is 0.846 bits per heavy atom. The molecule has 3 heterocycles. The molecule has 6 heteroatoms. The minimum atomic E-state index is -3.88. The van der Waals surface area contributed by atoms with Gasteiger partial charge in [-0.25, -0.2) is 0 Å². The van der Waals surface area contributed by atoms with E-state index in [1.54, 1.807) is 0 Å². The molecular weight excluding hydrogens is 349 g/mol. The average molecular weight is 373 g/mol. The van der Waals surface area contributed by atoms with Crippen molar-refractivity contribution in [1.29, 1.82) is 0 Å². The first-order valence-electron chi connectivity index (χ1n) is 9.19. The Bertz CT molecular complexity index is 918. The van der Waals surface area contributed by atoms with Crippen LogP contribution in [0.4, 0.5) is 0 Å². The maximum absolute atomic E-state index is 6.83. The summed E-state index contributed by atoms with van der Waals surface area (Å²) in [4.78, 5) is 0. The molecule has 0 aromatic heterocycles. The van der Waals surface area contributed by atoms with Crippen LogP contribution in [0.15, 0.2) is 48.5 Å². The van der Waals surface area contributed by atoms with Crippen molar-refractivity contribution in [2.45, 2.75) is 38.8 Å². The first-order chi connectivity index (χ1) is 12.4. The van der Waals surface area contributed by atoms with Crippen LogP contribution in [0.3, 0.4) is 0 Å². The van der Waals surface area contributed by atoms with Gasteiger partial charge in [0.2, 0.25) is 0 Å². The number of hydrogen-bond acceptors (Lipinski definition) is 5. The van der Waals surface area contributed by atoms with Gasteiger partial charge in [-0.3, -0.25) is 0 Å². The monoisotopic (exact) mass is 373 g/mol. The van der Waals surface area contributed by atoms with E-state index in [1.165, 1.54) is 0 Å². The summed E-state index contributed by atoms with van der Waals surface area (Å²) in [7, 11) is -3.88. The van der Waals surface area contributed by atoms with Crippen LogP contribution in [0.1, 0.15) is 38.8 Å². The Kier molecular flexibility index (Phi) is 3.04. The Labute approximate surface area is 154 Å². The SMILES string of the molecule is CCN(CC)P123Oc4ccccc4C(C)(O[C@]1(C)c1ccccc1O2)O3. The van der Waals surface area contributed by atoms with E-state index in [4.69, 9.17) is 18.3 Å². The molecule has 1 saturated heterocycles. The summed E-state index contributed by atoms with van der Waals surface area (Å²) >= 11 is 0. The zero-order valence-corrected chi connectivity index (χ0v) is 16.5. The topological polar surface area (TPSA) is 40.2 Å². The fourth-order valence-corrected chi connectivity index (χ4v) is 9.98. The quantitative estimate of drug-likeness (QED) is 0.699. The van der Waals surface area contributed by atoms with Gasteiger partial charge in [0.15, 0.2) is 0 Å². The Balaban J connectivity index is 1.87. The molecule has 0 aliphatic carbocycles. The molecule has 1 fully saturated rings. The van der Waals surface area contributed by atoms with Crippen molar-refractivity contribution in [3.63, 3.8) is 0 Å². The summed E-state index contributed by atoms with van der Waals surface area (Å²) in [6.45, 7) is 9.72. The van der Waals surface area contributed by atoms with Gasteiger partial charge < -0.3 is 0 Å². The molecule has 3 aliphatic rings. The number of fused-ring (bicyclic) bond motifs is 5. The summed E-state index contributed by atoms with van der Waals surface area (Å²) in [5, 5.41) is -0.831. The van der Waals surface area contributed by atoms with E-state index < -0.39 is 18.6 Å². The van der Waals surface area contributed by atoms with Crippen LogP contribution in [-0.4, -0.2) is 17.8 Å². The van der Waals surface area contributed by atoms with Gasteiger partial charge in [-0.2, -0.15) is 0 Å². The van der Waals surface area contributed by atoms with Gasteiger partial charge in [0.25, 0.3) is 0 Å². The molecule has 0 amide bonds. The Morgan fingerprint density at radius 3 is 2.00 bits per heavy atom. The molecule has 0 radical (unpaired) electrons. The van der Waals surface area contributed by atoms with E-state index >= 15 is 0 Å². The standard InChI is InChI=1S/C20H24NO4P/c1-5-21(6-2)26-20(4,16-12-8-10-14-18(16)23-26)24-19(3,25-26)15-11-7-9-13-17(15)22-26/h7-14H,5-6H2,1-4H3/t19?,20-/m0/s1. The van der Waals surface area contributed by atoms with Crippen LogP contribution in [0, 0.1) is 0 Å². The number of nitrogens with zero attached hydrogens (tertiary/aromatic N) is 1. The number of benzene rings is 2. The normalized spacial score (nSPS) is 33.2. The minimum absolute atomic E-state index is 0.736. The van der Waals surface area contributed by atoms with Crippen molar-refractivity contribution < 1.29 is 18.3 Å². The molecule has 0 N–H and O–H groups in total. The predicted molar refractivity (Wildman–Crippen MR) is 101 cm³/mol. The van der Waals surface area contributed by atoms with Crippen molar-refractivity contribution in [3.8, 4) is 11.5 Å². The Morgan fingerprint density at radius 2 is 1.38 bits per heavy atom. The van der Waals surface area contributed by atoms with Crippen LogP contribution in [0.25, 0.3) is 0 Å². The summed E-state index contributed by atoms with van der Waals surface area (Å²) in [6.07, 6.45) is 0. The molecular formula is C20H24NO4P. The van der Waals surface area contributed by atoms with Crippen molar-refractivity contribution in [2.24, 2.45) is 0 Å². The third-order valence-corrected chi connectivity index (χ3v) is 11.0. The van der Waals surface area contributed by atoms with Crippen molar-refractivity contribution in [1.82, 2.24) is 4.67 Å². The molecule has 138 valence electrons. The summed E-state index contributed by atoms with van der Waals surface area (Å²) in [5.41, 5.74) is 1.89. The van der Waals surface area contributed by atoms with Gasteiger partial charge in [0.1, 0.15) is 0 Å². The molecule has 1 unspecified atom stereocenters. The molecule has 0 saturated carbocycles. The Hall–Kier alpha value is -1.65.